The topological polar surface area (TPSA) is 93.3 Å². The average molecular weight is 386 g/mol. The molecule has 5 rings (SSSR count). The number of rotatable bonds is 3. The van der Waals surface area contributed by atoms with Crippen LogP contribution < -0.4 is 26.6 Å². The van der Waals surface area contributed by atoms with Gasteiger partial charge in [0.15, 0.2) is 11.6 Å². The van der Waals surface area contributed by atoms with E-state index in [1.165, 1.54) is 12.7 Å². The van der Waals surface area contributed by atoms with Crippen molar-refractivity contribution in [3.05, 3.63) is 43.9 Å². The summed E-state index contributed by atoms with van der Waals surface area (Å²) in [4.78, 5) is 29.4. The fourth-order valence-electron chi connectivity index (χ4n) is 4.78. The Bertz CT molecular complexity index is 1150. The first-order chi connectivity index (χ1) is 13.4. The zero-order chi connectivity index (χ0) is 19.7. The van der Waals surface area contributed by atoms with E-state index in [-0.39, 0.29) is 34.7 Å². The molecule has 28 heavy (non-hydrogen) atoms. The minimum atomic E-state index is -0.582. The lowest BCUT2D eigenvalue weighted by molar-refractivity contribution is 0.412. The number of ether oxygens (including phenoxy) is 1. The van der Waals surface area contributed by atoms with Crippen LogP contribution >= 0.6 is 0 Å². The summed E-state index contributed by atoms with van der Waals surface area (Å²) in [7, 11) is 1.46. The van der Waals surface area contributed by atoms with Gasteiger partial charge in [0.05, 0.1) is 12.5 Å². The van der Waals surface area contributed by atoms with Crippen LogP contribution in [0, 0.1) is 18.7 Å². The lowest BCUT2D eigenvalue weighted by Gasteiger charge is -2.26. The number of aromatic nitrogens is 2. The number of nitrogens with two attached hydrogens (primary N) is 1. The molecule has 1 aromatic carbocycles. The summed E-state index contributed by atoms with van der Waals surface area (Å²) < 4.78 is 22.7. The second-order valence-electron chi connectivity index (χ2n) is 8.07. The molecule has 8 heteroatoms. The van der Waals surface area contributed by atoms with Crippen molar-refractivity contribution in [3.63, 3.8) is 0 Å². The van der Waals surface area contributed by atoms with Crippen LogP contribution in [-0.4, -0.2) is 35.8 Å². The first-order valence-electron chi connectivity index (χ1n) is 9.66. The highest BCUT2D eigenvalue weighted by Gasteiger charge is 2.39. The summed E-state index contributed by atoms with van der Waals surface area (Å²) >= 11 is 0. The number of aromatic amines is 1. The van der Waals surface area contributed by atoms with Gasteiger partial charge >= 0.3 is 5.69 Å². The summed E-state index contributed by atoms with van der Waals surface area (Å²) in [6, 6.07) is 0.0515. The van der Waals surface area contributed by atoms with Gasteiger partial charge in [0, 0.05) is 36.7 Å². The van der Waals surface area contributed by atoms with Gasteiger partial charge in [0.2, 0.25) is 0 Å². The predicted octanol–water partition coefficient (Wildman–Crippen LogP) is 1.57. The molecule has 1 saturated heterocycles. The lowest BCUT2D eigenvalue weighted by Crippen LogP contribution is -2.33. The van der Waals surface area contributed by atoms with E-state index in [1.54, 1.807) is 11.5 Å². The highest BCUT2D eigenvalue weighted by atomic mass is 19.1. The van der Waals surface area contributed by atoms with Crippen LogP contribution in [0.3, 0.4) is 0 Å². The van der Waals surface area contributed by atoms with Crippen LogP contribution in [0.5, 0.6) is 5.75 Å². The summed E-state index contributed by atoms with van der Waals surface area (Å²) in [6.45, 7) is 2.76. The van der Waals surface area contributed by atoms with Crippen molar-refractivity contribution in [3.8, 4) is 5.75 Å². The molecule has 1 aromatic heterocycles. The van der Waals surface area contributed by atoms with Gasteiger partial charge in [-0.3, -0.25) is 14.3 Å². The molecule has 7 nitrogen and oxygen atoms in total. The van der Waals surface area contributed by atoms with E-state index in [0.717, 1.165) is 19.3 Å². The number of nitrogens with one attached hydrogen (secondary N) is 1. The molecular weight excluding hydrogens is 363 g/mol. The van der Waals surface area contributed by atoms with E-state index in [4.69, 9.17) is 10.5 Å². The van der Waals surface area contributed by atoms with Crippen LogP contribution in [0.15, 0.2) is 21.2 Å². The number of halogens is 1. The molecule has 2 heterocycles. The Labute approximate surface area is 160 Å². The molecule has 1 saturated carbocycles. The number of fused-ring (bicyclic) bond motifs is 2. The van der Waals surface area contributed by atoms with Gasteiger partial charge in [-0.25, -0.2) is 9.18 Å². The number of benzene rings is 1. The molecule has 0 spiro atoms. The minimum absolute atomic E-state index is 0.00699. The number of nitrogens with zero attached hydrogens (tertiary/aromatic N) is 2. The summed E-state index contributed by atoms with van der Waals surface area (Å²) in [5, 5.41) is 0.180. The first-order valence-corrected chi connectivity index (χ1v) is 9.66. The maximum atomic E-state index is 15.5. The Balaban J connectivity index is 1.81. The third-order valence-corrected chi connectivity index (χ3v) is 6.35. The molecule has 1 aliphatic heterocycles. The van der Waals surface area contributed by atoms with Gasteiger partial charge in [-0.15, -0.1) is 0 Å². The molecule has 2 aromatic rings. The Morgan fingerprint density at radius 1 is 1.32 bits per heavy atom. The van der Waals surface area contributed by atoms with Crippen LogP contribution in [0.2, 0.25) is 0 Å². The predicted molar refractivity (Wildman–Crippen MR) is 105 cm³/mol. The molecule has 3 aliphatic rings. The van der Waals surface area contributed by atoms with Crippen molar-refractivity contribution in [2.45, 2.75) is 38.3 Å². The van der Waals surface area contributed by atoms with Crippen molar-refractivity contribution in [1.82, 2.24) is 9.55 Å². The molecular formula is C20H23FN4O3. The SMILES string of the molecule is COc1c(N2CC3=CCC(N)C3C2)c(F)c(C)c2c(=O)[nH]c(=O)n(C3CC3)c12. The Kier molecular flexibility index (Phi) is 3.71. The fraction of sp³-hybridized carbons (Fsp3) is 0.500. The van der Waals surface area contributed by atoms with Crippen molar-refractivity contribution < 1.29 is 9.13 Å². The number of hydrogen-bond acceptors (Lipinski definition) is 5. The average Bonchev–Trinajstić information content (AvgIpc) is 3.30. The van der Waals surface area contributed by atoms with E-state index in [1.807, 2.05) is 4.90 Å². The number of methoxy groups -OCH3 is 1. The highest BCUT2D eigenvalue weighted by Crippen LogP contribution is 2.46. The minimum Gasteiger partial charge on any atom is -0.492 e. The van der Waals surface area contributed by atoms with E-state index in [0.29, 0.717) is 24.3 Å². The largest absolute Gasteiger partial charge is 0.492 e. The summed E-state index contributed by atoms with van der Waals surface area (Å²) in [5.41, 5.74) is 7.31. The normalized spacial score (nSPS) is 24.0. The quantitative estimate of drug-likeness (QED) is 0.781. The van der Waals surface area contributed by atoms with Crippen LogP contribution in [0.1, 0.15) is 30.9 Å². The van der Waals surface area contributed by atoms with Gasteiger partial charge in [0.25, 0.3) is 5.56 Å². The zero-order valence-electron chi connectivity index (χ0n) is 15.9. The van der Waals surface area contributed by atoms with Gasteiger partial charge in [-0.1, -0.05) is 6.08 Å². The van der Waals surface area contributed by atoms with Gasteiger partial charge in [-0.2, -0.15) is 0 Å². The second-order valence-corrected chi connectivity index (χ2v) is 8.07. The molecule has 2 fully saturated rings. The van der Waals surface area contributed by atoms with Crippen molar-refractivity contribution in [2.24, 2.45) is 11.7 Å². The second kappa shape index (κ2) is 5.94. The summed E-state index contributed by atoms with van der Waals surface area (Å²) in [5.74, 6) is -0.0303. The smallest absolute Gasteiger partial charge is 0.329 e. The van der Waals surface area contributed by atoms with E-state index < -0.39 is 17.1 Å². The van der Waals surface area contributed by atoms with E-state index in [2.05, 4.69) is 11.1 Å². The monoisotopic (exact) mass is 386 g/mol. The Morgan fingerprint density at radius 3 is 2.71 bits per heavy atom. The standard InChI is InChI=1S/C20H23FN4O3/c1-9-14-16(25(11-4-5-11)20(27)23-19(14)26)18(28-2)17(15(9)21)24-7-10-3-6-13(22)12(10)8-24/h3,11-13H,4-8,22H2,1-2H3,(H,23,26,27). The zero-order valence-corrected chi connectivity index (χ0v) is 15.9. The van der Waals surface area contributed by atoms with E-state index in [9.17, 15) is 9.59 Å². The van der Waals surface area contributed by atoms with Crippen LogP contribution in [0.25, 0.3) is 10.9 Å². The third-order valence-electron chi connectivity index (χ3n) is 6.35. The van der Waals surface area contributed by atoms with Gasteiger partial charge < -0.3 is 15.4 Å². The number of hydrogen-bond donors (Lipinski definition) is 2. The van der Waals surface area contributed by atoms with Crippen molar-refractivity contribution in [1.29, 1.82) is 0 Å². The highest BCUT2D eigenvalue weighted by molar-refractivity contribution is 5.94. The molecule has 2 aliphatic carbocycles. The van der Waals surface area contributed by atoms with Crippen LogP contribution in [-0.2, 0) is 0 Å². The van der Waals surface area contributed by atoms with Crippen molar-refractivity contribution >= 4 is 16.6 Å². The molecule has 0 bridgehead atoms. The first kappa shape index (κ1) is 17.5. The molecule has 0 radical (unpaired) electrons. The van der Waals surface area contributed by atoms with Crippen LogP contribution in [0.4, 0.5) is 10.1 Å². The summed E-state index contributed by atoms with van der Waals surface area (Å²) in [6.07, 6.45) is 4.69. The number of H-pyrrole nitrogens is 1. The molecule has 3 N–H and O–H groups in total. The molecule has 148 valence electrons. The maximum Gasteiger partial charge on any atom is 0.329 e. The Hall–Kier alpha value is -2.61. The van der Waals surface area contributed by atoms with Crippen molar-refractivity contribution in [2.75, 3.05) is 25.1 Å². The Morgan fingerprint density at radius 2 is 2.07 bits per heavy atom. The fourth-order valence-corrected chi connectivity index (χ4v) is 4.78. The molecule has 2 unspecified atom stereocenters. The number of aryl methyl sites for hydroxylation is 1. The van der Waals surface area contributed by atoms with Gasteiger partial charge in [-0.05, 0) is 31.8 Å². The molecule has 2 atom stereocenters. The van der Waals surface area contributed by atoms with Gasteiger partial charge in [0.1, 0.15) is 11.2 Å². The maximum absolute atomic E-state index is 15.5. The third kappa shape index (κ3) is 2.30. The number of anilines is 1. The lowest BCUT2D eigenvalue weighted by atomic mass is 10.0. The van der Waals surface area contributed by atoms with E-state index >= 15 is 4.39 Å². The molecule has 0 amide bonds.